The van der Waals surface area contributed by atoms with Gasteiger partial charge in [0.1, 0.15) is 17.5 Å². The van der Waals surface area contributed by atoms with Crippen LogP contribution >= 0.6 is 0 Å². The maximum absolute atomic E-state index is 10.6. The molecule has 0 aliphatic rings. The van der Waals surface area contributed by atoms with Gasteiger partial charge >= 0.3 is 0 Å². The van der Waals surface area contributed by atoms with E-state index in [2.05, 4.69) is 20.6 Å². The summed E-state index contributed by atoms with van der Waals surface area (Å²) >= 11 is 0. The molecule has 0 aromatic carbocycles. The maximum atomic E-state index is 10.6. The van der Waals surface area contributed by atoms with E-state index in [-0.39, 0.29) is 5.91 Å². The molecular formula is C11H19N5O. The molecule has 0 unspecified atom stereocenters. The lowest BCUT2D eigenvalue weighted by molar-refractivity contribution is -0.117. The van der Waals surface area contributed by atoms with Crippen molar-refractivity contribution in [1.29, 1.82) is 0 Å². The summed E-state index contributed by atoms with van der Waals surface area (Å²) in [6, 6.07) is 0. The molecule has 0 aliphatic carbocycles. The fourth-order valence-electron chi connectivity index (χ4n) is 1.44. The molecule has 0 fully saturated rings. The highest BCUT2D eigenvalue weighted by Gasteiger charge is 2.08. The molecule has 17 heavy (non-hydrogen) atoms. The summed E-state index contributed by atoms with van der Waals surface area (Å²) in [5.41, 5.74) is 6.02. The molecule has 94 valence electrons. The standard InChI is InChI=1S/C11H19N5O/c1-4-13-10-7(2)11(16-8(3)15-10)14-6-5-9(12)17/h4-6H2,1-3H3,(H2,12,17)(H2,13,14,15,16). The third kappa shape index (κ3) is 3.90. The SMILES string of the molecule is CCNc1nc(C)nc(NCCC(N)=O)c1C. The largest absolute Gasteiger partial charge is 0.370 e. The lowest BCUT2D eigenvalue weighted by atomic mass is 10.3. The third-order valence-electron chi connectivity index (χ3n) is 2.27. The van der Waals surface area contributed by atoms with Crippen molar-refractivity contribution < 1.29 is 4.79 Å². The zero-order chi connectivity index (χ0) is 12.8. The minimum atomic E-state index is -0.326. The van der Waals surface area contributed by atoms with Gasteiger partial charge in [-0.25, -0.2) is 9.97 Å². The second-order valence-electron chi connectivity index (χ2n) is 3.77. The monoisotopic (exact) mass is 237 g/mol. The van der Waals surface area contributed by atoms with Crippen LogP contribution in [0.15, 0.2) is 0 Å². The van der Waals surface area contributed by atoms with Crippen molar-refractivity contribution in [3.05, 3.63) is 11.4 Å². The van der Waals surface area contributed by atoms with Gasteiger partial charge in [0.2, 0.25) is 5.91 Å². The van der Waals surface area contributed by atoms with Crippen molar-refractivity contribution in [2.75, 3.05) is 23.7 Å². The quantitative estimate of drug-likeness (QED) is 0.681. The van der Waals surface area contributed by atoms with E-state index in [9.17, 15) is 4.79 Å². The number of aromatic nitrogens is 2. The first kappa shape index (κ1) is 13.2. The first-order valence-corrected chi connectivity index (χ1v) is 5.65. The van der Waals surface area contributed by atoms with Gasteiger partial charge in [-0.1, -0.05) is 0 Å². The number of hydrogen-bond acceptors (Lipinski definition) is 5. The number of anilines is 2. The minimum absolute atomic E-state index is 0.291. The number of hydrogen-bond donors (Lipinski definition) is 3. The highest BCUT2D eigenvalue weighted by atomic mass is 16.1. The van der Waals surface area contributed by atoms with Gasteiger partial charge < -0.3 is 16.4 Å². The van der Waals surface area contributed by atoms with Crippen LogP contribution in [-0.4, -0.2) is 29.0 Å². The minimum Gasteiger partial charge on any atom is -0.370 e. The summed E-state index contributed by atoms with van der Waals surface area (Å²) in [6.45, 7) is 7.07. The Bertz CT molecular complexity index is 405. The van der Waals surface area contributed by atoms with E-state index >= 15 is 0 Å². The van der Waals surface area contributed by atoms with Gasteiger partial charge in [0.25, 0.3) is 0 Å². The van der Waals surface area contributed by atoms with Crippen LogP contribution in [0.2, 0.25) is 0 Å². The predicted molar refractivity (Wildman–Crippen MR) is 68.0 cm³/mol. The van der Waals surface area contributed by atoms with Gasteiger partial charge in [-0.2, -0.15) is 0 Å². The third-order valence-corrected chi connectivity index (χ3v) is 2.27. The van der Waals surface area contributed by atoms with E-state index < -0.39 is 0 Å². The highest BCUT2D eigenvalue weighted by Crippen LogP contribution is 2.19. The van der Waals surface area contributed by atoms with Gasteiger partial charge in [-0.3, -0.25) is 4.79 Å². The number of nitrogens with one attached hydrogen (secondary N) is 2. The van der Waals surface area contributed by atoms with Gasteiger partial charge in [0, 0.05) is 25.1 Å². The number of amides is 1. The average Bonchev–Trinajstić information content (AvgIpc) is 2.24. The Kier molecular flexibility index (Phi) is 4.68. The van der Waals surface area contributed by atoms with Crippen LogP contribution in [0.4, 0.5) is 11.6 Å². The van der Waals surface area contributed by atoms with Crippen LogP contribution in [0, 0.1) is 13.8 Å². The molecule has 0 spiro atoms. The summed E-state index contributed by atoms with van der Waals surface area (Å²) in [7, 11) is 0. The summed E-state index contributed by atoms with van der Waals surface area (Å²) in [6.07, 6.45) is 0.291. The number of carbonyl (C=O) groups is 1. The molecule has 1 aromatic heterocycles. The number of aryl methyl sites for hydroxylation is 1. The van der Waals surface area contributed by atoms with Gasteiger partial charge in [-0.05, 0) is 20.8 Å². The molecule has 1 heterocycles. The van der Waals surface area contributed by atoms with Crippen molar-refractivity contribution in [1.82, 2.24) is 9.97 Å². The summed E-state index contributed by atoms with van der Waals surface area (Å²) in [5, 5.41) is 6.27. The summed E-state index contributed by atoms with van der Waals surface area (Å²) in [4.78, 5) is 19.3. The van der Waals surface area contributed by atoms with Gasteiger partial charge in [-0.15, -0.1) is 0 Å². The van der Waals surface area contributed by atoms with E-state index in [0.717, 1.165) is 23.7 Å². The van der Waals surface area contributed by atoms with Gasteiger partial charge in [0.05, 0.1) is 0 Å². The van der Waals surface area contributed by atoms with Crippen molar-refractivity contribution in [3.63, 3.8) is 0 Å². The predicted octanol–water partition coefficient (Wildman–Crippen LogP) is 0.813. The van der Waals surface area contributed by atoms with Crippen LogP contribution in [0.25, 0.3) is 0 Å². The lowest BCUT2D eigenvalue weighted by Crippen LogP contribution is -2.17. The van der Waals surface area contributed by atoms with E-state index in [4.69, 9.17) is 5.73 Å². The molecule has 1 aromatic rings. The number of nitrogens with two attached hydrogens (primary N) is 1. The molecule has 1 amide bonds. The van der Waals surface area contributed by atoms with Crippen molar-refractivity contribution in [2.45, 2.75) is 27.2 Å². The molecule has 1 rings (SSSR count). The molecule has 0 bridgehead atoms. The Hall–Kier alpha value is -1.85. The number of carbonyl (C=O) groups excluding carboxylic acids is 1. The van der Waals surface area contributed by atoms with Crippen LogP contribution in [0.3, 0.4) is 0 Å². The van der Waals surface area contributed by atoms with Crippen LogP contribution < -0.4 is 16.4 Å². The molecule has 0 saturated carbocycles. The molecule has 4 N–H and O–H groups in total. The van der Waals surface area contributed by atoms with Crippen molar-refractivity contribution in [2.24, 2.45) is 5.73 Å². The second-order valence-corrected chi connectivity index (χ2v) is 3.77. The van der Waals surface area contributed by atoms with Gasteiger partial charge in [0.15, 0.2) is 0 Å². The summed E-state index contributed by atoms with van der Waals surface area (Å²) in [5.74, 6) is 1.93. The Morgan fingerprint density at radius 2 is 1.82 bits per heavy atom. The van der Waals surface area contributed by atoms with Crippen molar-refractivity contribution >= 4 is 17.5 Å². The molecule has 0 radical (unpaired) electrons. The molecule has 0 saturated heterocycles. The Labute approximate surface area is 101 Å². The first-order valence-electron chi connectivity index (χ1n) is 5.65. The fraction of sp³-hybridized carbons (Fsp3) is 0.545. The molecule has 6 heteroatoms. The first-order chi connectivity index (χ1) is 8.04. The topological polar surface area (TPSA) is 92.9 Å². The van der Waals surface area contributed by atoms with E-state index in [1.54, 1.807) is 0 Å². The highest BCUT2D eigenvalue weighted by molar-refractivity contribution is 5.74. The number of rotatable bonds is 6. The summed E-state index contributed by atoms with van der Waals surface area (Å²) < 4.78 is 0. The van der Waals surface area contributed by atoms with Crippen molar-refractivity contribution in [3.8, 4) is 0 Å². The normalized spacial score (nSPS) is 10.1. The maximum Gasteiger partial charge on any atom is 0.219 e. The molecular weight excluding hydrogens is 218 g/mol. The Morgan fingerprint density at radius 1 is 1.24 bits per heavy atom. The zero-order valence-corrected chi connectivity index (χ0v) is 10.5. The smallest absolute Gasteiger partial charge is 0.219 e. The molecule has 0 aliphatic heterocycles. The lowest BCUT2D eigenvalue weighted by Gasteiger charge is -2.12. The number of nitrogens with zero attached hydrogens (tertiary/aromatic N) is 2. The van der Waals surface area contributed by atoms with Crippen LogP contribution in [-0.2, 0) is 4.79 Å². The Morgan fingerprint density at radius 3 is 2.35 bits per heavy atom. The molecule has 0 atom stereocenters. The Balaban J connectivity index is 2.79. The molecule has 6 nitrogen and oxygen atoms in total. The fourth-order valence-corrected chi connectivity index (χ4v) is 1.44. The van der Waals surface area contributed by atoms with E-state index in [0.29, 0.717) is 18.8 Å². The van der Waals surface area contributed by atoms with E-state index in [1.807, 2.05) is 20.8 Å². The van der Waals surface area contributed by atoms with Crippen LogP contribution in [0.1, 0.15) is 24.7 Å². The average molecular weight is 237 g/mol. The van der Waals surface area contributed by atoms with E-state index in [1.165, 1.54) is 0 Å². The number of primary amides is 1. The zero-order valence-electron chi connectivity index (χ0n) is 10.5. The second kappa shape index (κ2) is 6.03. The van der Waals surface area contributed by atoms with Crippen LogP contribution in [0.5, 0.6) is 0 Å².